The highest BCUT2D eigenvalue weighted by molar-refractivity contribution is 5.75. The second-order valence-corrected chi connectivity index (χ2v) is 5.10. The summed E-state index contributed by atoms with van der Waals surface area (Å²) in [5.74, 6) is -2.83. The van der Waals surface area contributed by atoms with Gasteiger partial charge >= 0.3 is 12.1 Å². The van der Waals surface area contributed by atoms with Gasteiger partial charge in [-0.1, -0.05) is 17.3 Å². The van der Waals surface area contributed by atoms with E-state index in [-0.39, 0.29) is 35.8 Å². The molecule has 1 aromatic carbocycles. The molecule has 1 aromatic heterocycles. The van der Waals surface area contributed by atoms with Gasteiger partial charge in [-0.25, -0.2) is 4.39 Å². The Bertz CT molecular complexity index is 731. The monoisotopic (exact) mass is 361 g/mol. The molecule has 0 saturated carbocycles. The van der Waals surface area contributed by atoms with Gasteiger partial charge in [-0.3, -0.25) is 4.79 Å². The molecule has 2 aromatic rings. The number of benzene rings is 1. The Kier molecular flexibility index (Phi) is 6.07. The van der Waals surface area contributed by atoms with Crippen LogP contribution in [0, 0.1) is 5.82 Å². The van der Waals surface area contributed by atoms with Crippen molar-refractivity contribution in [3.8, 4) is 11.4 Å². The summed E-state index contributed by atoms with van der Waals surface area (Å²) in [6.45, 7) is 0.402. The quantitative estimate of drug-likeness (QED) is 0.606. The van der Waals surface area contributed by atoms with E-state index in [0.717, 1.165) is 6.07 Å². The van der Waals surface area contributed by atoms with Gasteiger partial charge in [0.1, 0.15) is 5.82 Å². The van der Waals surface area contributed by atoms with E-state index in [1.807, 2.05) is 0 Å². The maximum atomic E-state index is 14.1. The van der Waals surface area contributed by atoms with Crippen LogP contribution in [0.5, 0.6) is 0 Å². The number of carbonyl (C=O) groups excluding carboxylic acids is 1. The lowest BCUT2D eigenvalue weighted by Crippen LogP contribution is -2.23. The number of hydrogen-bond acceptors (Lipinski definition) is 5. The summed E-state index contributed by atoms with van der Waals surface area (Å²) in [5, 5.41) is 5.73. The molecule has 0 atom stereocenters. The molecule has 0 aliphatic rings. The molecule has 2 rings (SSSR count). The smallest absolute Gasteiger partial charge is 0.385 e. The fourth-order valence-corrected chi connectivity index (χ4v) is 1.94. The number of alkyl halides is 3. The van der Waals surface area contributed by atoms with Crippen molar-refractivity contribution in [2.45, 2.75) is 25.6 Å². The largest absolute Gasteiger partial charge is 0.471 e. The highest BCUT2D eigenvalue weighted by atomic mass is 19.4. The summed E-state index contributed by atoms with van der Waals surface area (Å²) in [5.41, 5.74) is 0.218. The van der Waals surface area contributed by atoms with Crippen LogP contribution in [-0.2, 0) is 22.3 Å². The minimum absolute atomic E-state index is 0.0342. The number of halogens is 4. The van der Waals surface area contributed by atoms with Gasteiger partial charge in [0, 0.05) is 37.8 Å². The first kappa shape index (κ1) is 18.8. The standard InChI is InChI=1S/C15H15F4N3O3/c1-24-6-2-3-12(23)20-8-10-5-4-9(7-11(10)16)13-21-14(25-22-13)15(17,18)19/h4-5,7H,2-3,6,8H2,1H3,(H,20,23). The molecule has 1 N–H and O–H groups in total. The van der Waals surface area contributed by atoms with Crippen LogP contribution < -0.4 is 5.32 Å². The number of amides is 1. The van der Waals surface area contributed by atoms with Crippen molar-refractivity contribution in [1.29, 1.82) is 0 Å². The van der Waals surface area contributed by atoms with Crippen LogP contribution in [0.15, 0.2) is 22.7 Å². The lowest BCUT2D eigenvalue weighted by Gasteiger charge is -2.07. The van der Waals surface area contributed by atoms with E-state index in [4.69, 9.17) is 4.74 Å². The Morgan fingerprint density at radius 1 is 1.36 bits per heavy atom. The summed E-state index contributed by atoms with van der Waals surface area (Å²) in [4.78, 5) is 14.7. The number of carbonyl (C=O) groups is 1. The van der Waals surface area contributed by atoms with Gasteiger partial charge in [0.2, 0.25) is 11.7 Å². The normalized spacial score (nSPS) is 11.6. The second-order valence-electron chi connectivity index (χ2n) is 5.10. The van der Waals surface area contributed by atoms with Crippen molar-refractivity contribution < 1.29 is 31.6 Å². The number of methoxy groups -OCH3 is 1. The van der Waals surface area contributed by atoms with Crippen LogP contribution in [0.25, 0.3) is 11.4 Å². The Hall–Kier alpha value is -2.49. The minimum atomic E-state index is -4.77. The lowest BCUT2D eigenvalue weighted by molar-refractivity contribution is -0.159. The van der Waals surface area contributed by atoms with Crippen LogP contribution in [0.2, 0.25) is 0 Å². The second kappa shape index (κ2) is 8.06. The van der Waals surface area contributed by atoms with Crippen molar-refractivity contribution in [3.63, 3.8) is 0 Å². The number of nitrogens with zero attached hydrogens (tertiary/aromatic N) is 2. The summed E-state index contributed by atoms with van der Waals surface area (Å²) in [7, 11) is 1.52. The first-order chi connectivity index (χ1) is 11.8. The van der Waals surface area contributed by atoms with E-state index in [1.54, 1.807) is 0 Å². The van der Waals surface area contributed by atoms with E-state index in [2.05, 4.69) is 20.0 Å². The van der Waals surface area contributed by atoms with Crippen LogP contribution in [0.1, 0.15) is 24.3 Å². The first-order valence-electron chi connectivity index (χ1n) is 7.26. The van der Waals surface area contributed by atoms with Crippen molar-refractivity contribution in [3.05, 3.63) is 35.5 Å². The topological polar surface area (TPSA) is 77.2 Å². The zero-order valence-corrected chi connectivity index (χ0v) is 13.2. The average Bonchev–Trinajstić information content (AvgIpc) is 3.04. The van der Waals surface area contributed by atoms with E-state index < -0.39 is 17.9 Å². The first-order valence-corrected chi connectivity index (χ1v) is 7.26. The van der Waals surface area contributed by atoms with Gasteiger partial charge in [0.05, 0.1) is 0 Å². The Morgan fingerprint density at radius 2 is 2.12 bits per heavy atom. The summed E-state index contributed by atoms with van der Waals surface area (Å²) >= 11 is 0. The number of nitrogens with one attached hydrogen (secondary N) is 1. The maximum absolute atomic E-state index is 14.1. The Balaban J connectivity index is 2.01. The molecule has 0 radical (unpaired) electrons. The van der Waals surface area contributed by atoms with Gasteiger partial charge in [0.15, 0.2) is 0 Å². The maximum Gasteiger partial charge on any atom is 0.471 e. The van der Waals surface area contributed by atoms with Crippen LogP contribution >= 0.6 is 0 Å². The minimum Gasteiger partial charge on any atom is -0.385 e. The van der Waals surface area contributed by atoms with Crippen LogP contribution in [0.4, 0.5) is 17.6 Å². The number of ether oxygens (including phenoxy) is 1. The number of hydrogen-bond donors (Lipinski definition) is 1. The molecule has 0 bridgehead atoms. The molecule has 10 heteroatoms. The van der Waals surface area contributed by atoms with Crippen molar-refractivity contribution >= 4 is 5.91 Å². The third-order valence-corrected chi connectivity index (χ3v) is 3.21. The predicted octanol–water partition coefficient (Wildman–Crippen LogP) is 2.94. The van der Waals surface area contributed by atoms with Gasteiger partial charge < -0.3 is 14.6 Å². The highest BCUT2D eigenvalue weighted by Gasteiger charge is 2.38. The predicted molar refractivity (Wildman–Crippen MR) is 77.7 cm³/mol. The fourth-order valence-electron chi connectivity index (χ4n) is 1.94. The van der Waals surface area contributed by atoms with E-state index in [9.17, 15) is 22.4 Å². The molecular formula is C15H15F4N3O3. The van der Waals surface area contributed by atoms with E-state index in [0.29, 0.717) is 13.0 Å². The molecule has 6 nitrogen and oxygen atoms in total. The molecule has 0 aliphatic carbocycles. The molecule has 1 amide bonds. The van der Waals surface area contributed by atoms with Crippen LogP contribution in [0.3, 0.4) is 0 Å². The molecule has 0 spiro atoms. The summed E-state index contributed by atoms with van der Waals surface area (Å²) in [6, 6.07) is 3.67. The number of aromatic nitrogens is 2. The van der Waals surface area contributed by atoms with Gasteiger partial charge in [-0.15, -0.1) is 0 Å². The van der Waals surface area contributed by atoms with Gasteiger partial charge in [0.25, 0.3) is 0 Å². The summed E-state index contributed by atoms with van der Waals surface area (Å²) < 4.78 is 60.3. The number of rotatable bonds is 7. The highest BCUT2D eigenvalue weighted by Crippen LogP contribution is 2.29. The zero-order valence-electron chi connectivity index (χ0n) is 13.2. The van der Waals surface area contributed by atoms with Crippen LogP contribution in [-0.4, -0.2) is 29.8 Å². The molecule has 0 saturated heterocycles. The van der Waals surface area contributed by atoms with E-state index >= 15 is 0 Å². The van der Waals surface area contributed by atoms with Crippen molar-refractivity contribution in [1.82, 2.24) is 15.5 Å². The lowest BCUT2D eigenvalue weighted by atomic mass is 10.1. The molecular weight excluding hydrogens is 346 g/mol. The third-order valence-electron chi connectivity index (χ3n) is 3.21. The van der Waals surface area contributed by atoms with Gasteiger partial charge in [-0.2, -0.15) is 18.2 Å². The average molecular weight is 361 g/mol. The molecule has 136 valence electrons. The fraction of sp³-hybridized carbons (Fsp3) is 0.400. The van der Waals surface area contributed by atoms with E-state index in [1.165, 1.54) is 19.2 Å². The Labute approximate surface area is 140 Å². The van der Waals surface area contributed by atoms with Crippen molar-refractivity contribution in [2.75, 3.05) is 13.7 Å². The van der Waals surface area contributed by atoms with Gasteiger partial charge in [-0.05, 0) is 12.5 Å². The summed E-state index contributed by atoms with van der Waals surface area (Å²) in [6.07, 6.45) is -3.98. The third kappa shape index (κ3) is 5.24. The van der Waals surface area contributed by atoms with Crippen molar-refractivity contribution in [2.24, 2.45) is 0 Å². The SMILES string of the molecule is COCCCC(=O)NCc1ccc(-c2noc(C(F)(F)F)n2)cc1F. The molecule has 0 aliphatic heterocycles. The zero-order chi connectivity index (χ0) is 18.4. The molecule has 1 heterocycles. The molecule has 0 unspecified atom stereocenters. The molecule has 0 fully saturated rings. The Morgan fingerprint density at radius 3 is 2.72 bits per heavy atom. The molecule has 25 heavy (non-hydrogen) atoms.